The summed E-state index contributed by atoms with van der Waals surface area (Å²) in [5.74, 6) is -0.297. The zero-order chi connectivity index (χ0) is 13.9. The van der Waals surface area contributed by atoms with Gasteiger partial charge in [-0.15, -0.1) is 0 Å². The average molecular weight is 277 g/mol. The van der Waals surface area contributed by atoms with Crippen molar-refractivity contribution in [2.24, 2.45) is 0 Å². The van der Waals surface area contributed by atoms with Gasteiger partial charge in [-0.3, -0.25) is 9.80 Å². The first-order chi connectivity index (χ1) is 9.72. The van der Waals surface area contributed by atoms with Crippen LogP contribution in [-0.4, -0.2) is 42.0 Å². The number of piperidine rings is 1. The van der Waals surface area contributed by atoms with Gasteiger partial charge in [0, 0.05) is 25.7 Å². The topological polar surface area (TPSA) is 32.5 Å². The van der Waals surface area contributed by atoms with Crippen LogP contribution in [-0.2, 0) is 6.54 Å². The lowest BCUT2D eigenvalue weighted by atomic mass is 10.1. The molecular weight excluding hydrogens is 253 g/mol. The van der Waals surface area contributed by atoms with E-state index in [1.165, 1.54) is 38.8 Å². The molecule has 3 rings (SSSR count). The molecule has 0 radical (unpaired) electrons. The van der Waals surface area contributed by atoms with Gasteiger partial charge in [-0.25, -0.2) is 4.39 Å². The summed E-state index contributed by atoms with van der Waals surface area (Å²) in [5.41, 5.74) is 6.78. The lowest BCUT2D eigenvalue weighted by Crippen LogP contribution is -2.40. The van der Waals surface area contributed by atoms with Crippen molar-refractivity contribution in [1.29, 1.82) is 0 Å². The van der Waals surface area contributed by atoms with Crippen LogP contribution in [0.5, 0.6) is 0 Å². The molecule has 2 fully saturated rings. The molecule has 1 aromatic carbocycles. The number of benzene rings is 1. The second-order valence-electron chi connectivity index (χ2n) is 6.13. The molecule has 1 atom stereocenters. The van der Waals surface area contributed by atoms with Gasteiger partial charge in [0.05, 0.1) is 5.69 Å². The Hall–Kier alpha value is -1.13. The summed E-state index contributed by atoms with van der Waals surface area (Å²) in [7, 11) is 0. The molecule has 2 aliphatic rings. The van der Waals surface area contributed by atoms with Crippen molar-refractivity contribution in [2.45, 2.75) is 38.3 Å². The summed E-state index contributed by atoms with van der Waals surface area (Å²) < 4.78 is 13.5. The third-order valence-corrected chi connectivity index (χ3v) is 4.63. The van der Waals surface area contributed by atoms with E-state index < -0.39 is 0 Å². The zero-order valence-corrected chi connectivity index (χ0v) is 12.0. The molecule has 2 aliphatic heterocycles. The Morgan fingerprint density at radius 2 is 1.95 bits per heavy atom. The van der Waals surface area contributed by atoms with E-state index in [0.29, 0.717) is 6.04 Å². The average Bonchev–Trinajstić information content (AvgIpc) is 2.92. The van der Waals surface area contributed by atoms with E-state index in [0.717, 1.165) is 25.2 Å². The number of rotatable bonds is 3. The second kappa shape index (κ2) is 6.10. The fraction of sp³-hybridized carbons (Fsp3) is 0.625. The van der Waals surface area contributed by atoms with Crippen molar-refractivity contribution in [3.05, 3.63) is 29.6 Å². The van der Waals surface area contributed by atoms with Crippen LogP contribution in [0.2, 0.25) is 0 Å². The highest BCUT2D eigenvalue weighted by atomic mass is 19.1. The first-order valence-corrected chi connectivity index (χ1v) is 7.73. The van der Waals surface area contributed by atoms with Crippen molar-refractivity contribution >= 4 is 5.69 Å². The van der Waals surface area contributed by atoms with E-state index in [-0.39, 0.29) is 11.5 Å². The highest BCUT2D eigenvalue weighted by molar-refractivity contribution is 5.41. The predicted molar refractivity (Wildman–Crippen MR) is 79.9 cm³/mol. The van der Waals surface area contributed by atoms with Gasteiger partial charge in [0.2, 0.25) is 0 Å². The molecule has 1 aromatic rings. The van der Waals surface area contributed by atoms with E-state index in [9.17, 15) is 4.39 Å². The summed E-state index contributed by atoms with van der Waals surface area (Å²) in [6, 6.07) is 5.88. The maximum atomic E-state index is 13.5. The molecule has 3 nitrogen and oxygen atoms in total. The number of halogens is 1. The highest BCUT2D eigenvalue weighted by Gasteiger charge is 2.28. The van der Waals surface area contributed by atoms with Crippen molar-refractivity contribution in [3.63, 3.8) is 0 Å². The normalized spacial score (nSPS) is 25.1. The number of nitrogens with two attached hydrogens (primary N) is 1. The Morgan fingerprint density at radius 3 is 2.70 bits per heavy atom. The minimum Gasteiger partial charge on any atom is -0.396 e. The fourth-order valence-electron chi connectivity index (χ4n) is 3.46. The van der Waals surface area contributed by atoms with E-state index in [2.05, 4.69) is 9.80 Å². The van der Waals surface area contributed by atoms with Gasteiger partial charge in [0.25, 0.3) is 0 Å². The largest absolute Gasteiger partial charge is 0.396 e. The summed E-state index contributed by atoms with van der Waals surface area (Å²) in [6.07, 6.45) is 5.33. The maximum Gasteiger partial charge on any atom is 0.146 e. The molecule has 2 saturated heterocycles. The number of nitrogen functional groups attached to an aromatic ring is 1. The first kappa shape index (κ1) is 13.8. The van der Waals surface area contributed by atoms with Gasteiger partial charge in [0.15, 0.2) is 0 Å². The lowest BCUT2D eigenvalue weighted by molar-refractivity contribution is 0.161. The van der Waals surface area contributed by atoms with Gasteiger partial charge in [0.1, 0.15) is 5.82 Å². The summed E-state index contributed by atoms with van der Waals surface area (Å²) in [4.78, 5) is 5.08. The van der Waals surface area contributed by atoms with Gasteiger partial charge in [-0.05, 0) is 50.0 Å². The minimum absolute atomic E-state index is 0.237. The zero-order valence-electron chi connectivity index (χ0n) is 12.0. The summed E-state index contributed by atoms with van der Waals surface area (Å²) in [6.45, 7) is 5.59. The van der Waals surface area contributed by atoms with Crippen molar-refractivity contribution in [3.8, 4) is 0 Å². The third kappa shape index (κ3) is 3.13. The standard InChI is InChI=1S/C16H24FN3/c17-15-10-13(4-5-16(15)18)11-19-9-6-14(12-19)20-7-2-1-3-8-20/h4-5,10,14H,1-3,6-9,11-12,18H2. The maximum absolute atomic E-state index is 13.5. The van der Waals surface area contributed by atoms with E-state index >= 15 is 0 Å². The molecule has 0 bridgehead atoms. The molecular formula is C16H24FN3. The van der Waals surface area contributed by atoms with Crippen molar-refractivity contribution in [1.82, 2.24) is 9.80 Å². The molecule has 110 valence electrons. The smallest absolute Gasteiger partial charge is 0.146 e. The van der Waals surface area contributed by atoms with Crippen LogP contribution in [0.15, 0.2) is 18.2 Å². The van der Waals surface area contributed by atoms with Crippen LogP contribution in [0.4, 0.5) is 10.1 Å². The lowest BCUT2D eigenvalue weighted by Gasteiger charge is -2.32. The van der Waals surface area contributed by atoms with E-state index in [1.807, 2.05) is 6.07 Å². The van der Waals surface area contributed by atoms with Crippen molar-refractivity contribution < 1.29 is 4.39 Å². The van der Waals surface area contributed by atoms with E-state index in [4.69, 9.17) is 5.73 Å². The van der Waals surface area contributed by atoms with Crippen LogP contribution in [0.1, 0.15) is 31.2 Å². The molecule has 0 aromatic heterocycles. The molecule has 20 heavy (non-hydrogen) atoms. The van der Waals surface area contributed by atoms with Crippen molar-refractivity contribution in [2.75, 3.05) is 31.9 Å². The molecule has 2 heterocycles. The number of nitrogens with zero attached hydrogens (tertiary/aromatic N) is 2. The molecule has 1 unspecified atom stereocenters. The van der Waals surface area contributed by atoms with Crippen LogP contribution < -0.4 is 5.73 Å². The molecule has 4 heteroatoms. The Bertz CT molecular complexity index is 457. The summed E-state index contributed by atoms with van der Waals surface area (Å²) in [5, 5.41) is 0. The second-order valence-corrected chi connectivity index (χ2v) is 6.13. The molecule has 0 amide bonds. The Morgan fingerprint density at radius 1 is 1.15 bits per heavy atom. The minimum atomic E-state index is -0.297. The molecule has 0 aliphatic carbocycles. The van der Waals surface area contributed by atoms with Gasteiger partial charge in [-0.1, -0.05) is 12.5 Å². The fourth-order valence-corrected chi connectivity index (χ4v) is 3.46. The van der Waals surface area contributed by atoms with Crippen LogP contribution >= 0.6 is 0 Å². The first-order valence-electron chi connectivity index (χ1n) is 7.73. The molecule has 2 N–H and O–H groups in total. The predicted octanol–water partition coefficient (Wildman–Crippen LogP) is 2.47. The quantitative estimate of drug-likeness (QED) is 0.862. The number of likely N-dealkylation sites (tertiary alicyclic amines) is 2. The number of anilines is 1. The van der Waals surface area contributed by atoms with Gasteiger partial charge in [-0.2, -0.15) is 0 Å². The van der Waals surface area contributed by atoms with Gasteiger partial charge >= 0.3 is 0 Å². The van der Waals surface area contributed by atoms with Crippen LogP contribution in [0.3, 0.4) is 0 Å². The highest BCUT2D eigenvalue weighted by Crippen LogP contribution is 2.22. The van der Waals surface area contributed by atoms with Crippen LogP contribution in [0.25, 0.3) is 0 Å². The summed E-state index contributed by atoms with van der Waals surface area (Å²) >= 11 is 0. The Labute approximate surface area is 120 Å². The molecule has 0 spiro atoms. The Kier molecular flexibility index (Phi) is 4.22. The third-order valence-electron chi connectivity index (χ3n) is 4.63. The number of hydrogen-bond acceptors (Lipinski definition) is 3. The van der Waals surface area contributed by atoms with Gasteiger partial charge < -0.3 is 5.73 Å². The van der Waals surface area contributed by atoms with E-state index in [1.54, 1.807) is 12.1 Å². The number of hydrogen-bond donors (Lipinski definition) is 1. The SMILES string of the molecule is Nc1ccc(CN2CCC(N3CCCCC3)C2)cc1F. The van der Waals surface area contributed by atoms with Crippen LogP contribution in [0, 0.1) is 5.82 Å². The monoisotopic (exact) mass is 277 g/mol. The molecule has 0 saturated carbocycles. The Balaban J connectivity index is 1.55.